The van der Waals surface area contributed by atoms with Crippen LogP contribution in [0.25, 0.3) is 0 Å². The van der Waals surface area contributed by atoms with Gasteiger partial charge in [-0.2, -0.15) is 0 Å². The smallest absolute Gasteiger partial charge is 0.120 e. The van der Waals surface area contributed by atoms with Crippen molar-refractivity contribution in [3.63, 3.8) is 0 Å². The Morgan fingerprint density at radius 2 is 2.00 bits per heavy atom. The van der Waals surface area contributed by atoms with Crippen molar-refractivity contribution in [3.05, 3.63) is 28.2 Å². The second-order valence-electron chi connectivity index (χ2n) is 4.88. The molecule has 1 aromatic carbocycles. The molecule has 0 fully saturated rings. The molecule has 1 aromatic rings. The minimum Gasteiger partial charge on any atom is -0.508 e. The number of hydrogen-bond acceptors (Lipinski definition) is 3. The van der Waals surface area contributed by atoms with E-state index in [-0.39, 0.29) is 23.8 Å². The van der Waals surface area contributed by atoms with E-state index in [1.54, 1.807) is 6.07 Å². The Labute approximate surface area is 117 Å². The van der Waals surface area contributed by atoms with Gasteiger partial charge in [-0.3, -0.25) is 0 Å². The van der Waals surface area contributed by atoms with Gasteiger partial charge in [0.1, 0.15) is 5.75 Å². The first-order chi connectivity index (χ1) is 8.45. The maximum absolute atomic E-state index is 9.89. The molecule has 0 heterocycles. The van der Waals surface area contributed by atoms with Crippen molar-refractivity contribution in [2.75, 3.05) is 6.54 Å². The van der Waals surface area contributed by atoms with E-state index in [0.29, 0.717) is 6.54 Å². The molecule has 0 aliphatic heterocycles. The van der Waals surface area contributed by atoms with Crippen molar-refractivity contribution in [2.45, 2.75) is 39.3 Å². The normalized spacial score (nSPS) is 14.8. The molecular formula is C14H22BrNO2. The van der Waals surface area contributed by atoms with E-state index in [2.05, 4.69) is 28.2 Å². The summed E-state index contributed by atoms with van der Waals surface area (Å²) >= 11 is 3.41. The van der Waals surface area contributed by atoms with E-state index in [0.717, 1.165) is 16.5 Å². The molecule has 3 N–H and O–H groups in total. The van der Waals surface area contributed by atoms with E-state index in [1.807, 2.05) is 26.0 Å². The Kier molecular flexibility index (Phi) is 6.12. The summed E-state index contributed by atoms with van der Waals surface area (Å²) in [5.41, 5.74) is 0.864. The highest BCUT2D eigenvalue weighted by Crippen LogP contribution is 2.29. The minimum absolute atomic E-state index is 0.0518. The van der Waals surface area contributed by atoms with E-state index in [9.17, 15) is 10.2 Å². The van der Waals surface area contributed by atoms with Crippen LogP contribution in [0.1, 0.15) is 38.8 Å². The van der Waals surface area contributed by atoms with E-state index in [1.165, 1.54) is 0 Å². The molecule has 2 atom stereocenters. The van der Waals surface area contributed by atoms with Gasteiger partial charge in [0.15, 0.2) is 0 Å². The van der Waals surface area contributed by atoms with Crippen LogP contribution in [0.5, 0.6) is 5.75 Å². The minimum atomic E-state index is -0.367. The number of phenolic OH excluding ortho intramolecular Hbond substituents is 1. The predicted octanol–water partition coefficient (Wildman–Crippen LogP) is 3.21. The molecule has 0 amide bonds. The van der Waals surface area contributed by atoms with Gasteiger partial charge in [-0.15, -0.1) is 0 Å². The molecule has 102 valence electrons. The Balaban J connectivity index is 2.74. The fourth-order valence-corrected chi connectivity index (χ4v) is 2.16. The Bertz CT molecular complexity index is 382. The van der Waals surface area contributed by atoms with Gasteiger partial charge < -0.3 is 15.5 Å². The summed E-state index contributed by atoms with van der Waals surface area (Å²) in [4.78, 5) is 0. The first-order valence-corrected chi connectivity index (χ1v) is 7.14. The van der Waals surface area contributed by atoms with Crippen LogP contribution >= 0.6 is 15.9 Å². The average molecular weight is 316 g/mol. The van der Waals surface area contributed by atoms with Crippen LogP contribution in [-0.2, 0) is 0 Å². The summed E-state index contributed by atoms with van der Waals surface area (Å²) in [6.07, 6.45) is 0.489. The number of hydrogen-bond donors (Lipinski definition) is 3. The monoisotopic (exact) mass is 315 g/mol. The standard InChI is InChI=1S/C14H22BrNO2/c1-4-12(16-8-14(18)9(2)3)11-7-10(15)5-6-13(11)17/h5-7,9,12,14,16-18H,4,8H2,1-3H3. The zero-order chi connectivity index (χ0) is 13.7. The third-order valence-electron chi connectivity index (χ3n) is 3.12. The third-order valence-corrected chi connectivity index (χ3v) is 3.61. The molecule has 0 spiro atoms. The van der Waals surface area contributed by atoms with Crippen molar-refractivity contribution in [1.29, 1.82) is 0 Å². The molecule has 0 bridgehead atoms. The van der Waals surface area contributed by atoms with Crippen LogP contribution < -0.4 is 5.32 Å². The van der Waals surface area contributed by atoms with E-state index >= 15 is 0 Å². The second kappa shape index (κ2) is 7.12. The molecule has 18 heavy (non-hydrogen) atoms. The van der Waals surface area contributed by atoms with Crippen LogP contribution in [0.15, 0.2) is 22.7 Å². The highest BCUT2D eigenvalue weighted by molar-refractivity contribution is 9.10. The Morgan fingerprint density at radius 1 is 1.33 bits per heavy atom. The van der Waals surface area contributed by atoms with Crippen molar-refractivity contribution in [1.82, 2.24) is 5.32 Å². The predicted molar refractivity (Wildman–Crippen MR) is 77.7 cm³/mol. The summed E-state index contributed by atoms with van der Waals surface area (Å²) in [7, 11) is 0. The van der Waals surface area contributed by atoms with Gasteiger partial charge in [0.2, 0.25) is 0 Å². The molecule has 0 aliphatic carbocycles. The van der Waals surface area contributed by atoms with Gasteiger partial charge in [0.05, 0.1) is 6.10 Å². The van der Waals surface area contributed by atoms with Gasteiger partial charge >= 0.3 is 0 Å². The number of aliphatic hydroxyl groups excluding tert-OH is 1. The van der Waals surface area contributed by atoms with Crippen molar-refractivity contribution in [2.24, 2.45) is 5.92 Å². The van der Waals surface area contributed by atoms with Gasteiger partial charge in [-0.25, -0.2) is 0 Å². The number of aliphatic hydroxyl groups is 1. The highest BCUT2D eigenvalue weighted by atomic mass is 79.9. The van der Waals surface area contributed by atoms with E-state index in [4.69, 9.17) is 0 Å². The summed E-state index contributed by atoms with van der Waals surface area (Å²) in [6.45, 7) is 6.57. The quantitative estimate of drug-likeness (QED) is 0.755. The lowest BCUT2D eigenvalue weighted by Gasteiger charge is -2.22. The summed E-state index contributed by atoms with van der Waals surface area (Å²) in [5.74, 6) is 0.516. The number of benzene rings is 1. The first-order valence-electron chi connectivity index (χ1n) is 6.35. The number of phenols is 1. The topological polar surface area (TPSA) is 52.5 Å². The lowest BCUT2D eigenvalue weighted by molar-refractivity contribution is 0.119. The number of rotatable bonds is 6. The van der Waals surface area contributed by atoms with Crippen LogP contribution in [-0.4, -0.2) is 22.9 Å². The number of halogens is 1. The Morgan fingerprint density at radius 3 is 2.56 bits per heavy atom. The molecule has 0 saturated heterocycles. The fraction of sp³-hybridized carbons (Fsp3) is 0.571. The van der Waals surface area contributed by atoms with Crippen LogP contribution in [0.3, 0.4) is 0 Å². The molecule has 1 rings (SSSR count). The molecule has 2 unspecified atom stereocenters. The molecule has 4 heteroatoms. The van der Waals surface area contributed by atoms with E-state index < -0.39 is 0 Å². The summed E-state index contributed by atoms with van der Waals surface area (Å²) in [5, 5.41) is 23.0. The molecule has 0 aliphatic rings. The Hall–Kier alpha value is -0.580. The zero-order valence-corrected chi connectivity index (χ0v) is 12.7. The highest BCUT2D eigenvalue weighted by Gasteiger charge is 2.16. The molecule has 3 nitrogen and oxygen atoms in total. The SMILES string of the molecule is CCC(NCC(O)C(C)C)c1cc(Br)ccc1O. The van der Waals surface area contributed by atoms with Crippen molar-refractivity contribution < 1.29 is 10.2 Å². The van der Waals surface area contributed by atoms with Crippen molar-refractivity contribution in [3.8, 4) is 5.75 Å². The largest absolute Gasteiger partial charge is 0.508 e. The van der Waals surface area contributed by atoms with Crippen LogP contribution in [0.2, 0.25) is 0 Å². The maximum atomic E-state index is 9.89. The van der Waals surface area contributed by atoms with Gasteiger partial charge in [-0.1, -0.05) is 36.7 Å². The lowest BCUT2D eigenvalue weighted by Crippen LogP contribution is -2.33. The molecule has 0 saturated carbocycles. The third kappa shape index (κ3) is 4.26. The van der Waals surface area contributed by atoms with Crippen LogP contribution in [0, 0.1) is 5.92 Å². The molecule has 0 radical (unpaired) electrons. The number of aromatic hydroxyl groups is 1. The lowest BCUT2D eigenvalue weighted by atomic mass is 10.0. The zero-order valence-electron chi connectivity index (χ0n) is 11.2. The molecular weight excluding hydrogens is 294 g/mol. The summed E-state index contributed by atoms with van der Waals surface area (Å²) < 4.78 is 0.944. The fourth-order valence-electron chi connectivity index (χ4n) is 1.78. The summed E-state index contributed by atoms with van der Waals surface area (Å²) in [6, 6.07) is 5.46. The second-order valence-corrected chi connectivity index (χ2v) is 5.80. The van der Waals surface area contributed by atoms with Gasteiger partial charge in [0, 0.05) is 22.6 Å². The number of nitrogens with one attached hydrogen (secondary N) is 1. The van der Waals surface area contributed by atoms with Crippen LogP contribution in [0.4, 0.5) is 0 Å². The van der Waals surface area contributed by atoms with Crippen molar-refractivity contribution >= 4 is 15.9 Å². The van der Waals surface area contributed by atoms with Gasteiger partial charge in [-0.05, 0) is 30.5 Å². The average Bonchev–Trinajstić information content (AvgIpc) is 2.33. The molecule has 0 aromatic heterocycles. The first kappa shape index (κ1) is 15.5. The van der Waals surface area contributed by atoms with Gasteiger partial charge in [0.25, 0.3) is 0 Å². The maximum Gasteiger partial charge on any atom is 0.120 e.